The van der Waals surface area contributed by atoms with Crippen molar-refractivity contribution in [2.24, 2.45) is 5.92 Å². The lowest BCUT2D eigenvalue weighted by Crippen LogP contribution is -2.41. The maximum atomic E-state index is 13.3. The number of thiophene rings is 1. The number of nitrogens with zero attached hydrogens (tertiary/aromatic N) is 2. The SMILES string of the molecule is O=C(Nc1ccccc1N1CCc2sccc2C1)C1CCN(C(=O)c2cccc3ccccc23)CC1. The van der Waals surface area contributed by atoms with Crippen LogP contribution in [0.5, 0.6) is 0 Å². The van der Waals surface area contributed by atoms with E-state index in [2.05, 4.69) is 27.7 Å². The van der Waals surface area contributed by atoms with Gasteiger partial charge in [-0.2, -0.15) is 0 Å². The molecule has 3 heterocycles. The Morgan fingerprint density at radius 2 is 1.64 bits per heavy atom. The summed E-state index contributed by atoms with van der Waals surface area (Å²) in [4.78, 5) is 32.3. The van der Waals surface area contributed by atoms with Gasteiger partial charge >= 0.3 is 0 Å². The van der Waals surface area contributed by atoms with Crippen LogP contribution < -0.4 is 10.2 Å². The maximum Gasteiger partial charge on any atom is 0.254 e. The molecular formula is C30H29N3O2S. The number of piperidine rings is 1. The van der Waals surface area contributed by atoms with E-state index in [-0.39, 0.29) is 17.7 Å². The van der Waals surface area contributed by atoms with Crippen LogP contribution in [0.2, 0.25) is 0 Å². The number of rotatable bonds is 4. The zero-order chi connectivity index (χ0) is 24.5. The van der Waals surface area contributed by atoms with Gasteiger partial charge in [0.1, 0.15) is 0 Å². The van der Waals surface area contributed by atoms with Crippen molar-refractivity contribution >= 4 is 45.3 Å². The van der Waals surface area contributed by atoms with E-state index in [0.717, 1.165) is 47.2 Å². The third kappa shape index (κ3) is 4.37. The van der Waals surface area contributed by atoms with Gasteiger partial charge in [-0.1, -0.05) is 48.5 Å². The molecule has 2 aliphatic rings. The molecule has 0 unspecified atom stereocenters. The summed E-state index contributed by atoms with van der Waals surface area (Å²) in [6, 6.07) is 24.2. The largest absolute Gasteiger partial charge is 0.365 e. The van der Waals surface area contributed by atoms with E-state index in [1.165, 1.54) is 10.4 Å². The summed E-state index contributed by atoms with van der Waals surface area (Å²) in [6.45, 7) is 3.01. The second kappa shape index (κ2) is 9.78. The van der Waals surface area contributed by atoms with Crippen molar-refractivity contribution in [3.05, 3.63) is 94.2 Å². The lowest BCUT2D eigenvalue weighted by atomic mass is 9.94. The number of nitrogens with one attached hydrogen (secondary N) is 1. The Bertz CT molecular complexity index is 1420. The number of carbonyl (C=O) groups is 2. The van der Waals surface area contributed by atoms with Crippen LogP contribution in [0.25, 0.3) is 10.8 Å². The molecule has 1 saturated heterocycles. The van der Waals surface area contributed by atoms with Crippen molar-refractivity contribution in [1.82, 2.24) is 4.90 Å². The Balaban J connectivity index is 1.11. The second-order valence-corrected chi connectivity index (χ2v) is 10.6. The number of benzene rings is 3. The average molecular weight is 496 g/mol. The van der Waals surface area contributed by atoms with Gasteiger partial charge in [-0.15, -0.1) is 11.3 Å². The molecular weight excluding hydrogens is 466 g/mol. The number of amides is 2. The maximum absolute atomic E-state index is 13.3. The number of likely N-dealkylation sites (tertiary alicyclic amines) is 1. The van der Waals surface area contributed by atoms with E-state index in [9.17, 15) is 9.59 Å². The standard InChI is InChI=1S/C30H29N3O2S/c34-29(31-26-10-3-4-11-27(26)33-18-14-28-23(20-33)15-19-36-28)22-12-16-32(17-13-22)30(35)25-9-5-7-21-6-1-2-8-24(21)25/h1-11,15,19,22H,12-14,16-18,20H2,(H,31,34). The van der Waals surface area contributed by atoms with E-state index < -0.39 is 0 Å². The van der Waals surface area contributed by atoms with Crippen LogP contribution in [-0.2, 0) is 17.8 Å². The summed E-state index contributed by atoms with van der Waals surface area (Å²) >= 11 is 1.83. The first-order valence-electron chi connectivity index (χ1n) is 12.6. The topological polar surface area (TPSA) is 52.7 Å². The molecule has 1 aromatic heterocycles. The number of hydrogen-bond acceptors (Lipinski definition) is 4. The Morgan fingerprint density at radius 1 is 0.861 bits per heavy atom. The lowest BCUT2D eigenvalue weighted by molar-refractivity contribution is -0.121. The Kier molecular flexibility index (Phi) is 6.20. The minimum absolute atomic E-state index is 0.0490. The molecule has 5 nitrogen and oxygen atoms in total. The summed E-state index contributed by atoms with van der Waals surface area (Å²) in [5, 5.41) is 7.43. The van der Waals surface area contributed by atoms with Crippen molar-refractivity contribution in [3.8, 4) is 0 Å². The van der Waals surface area contributed by atoms with E-state index in [0.29, 0.717) is 25.9 Å². The van der Waals surface area contributed by atoms with E-state index in [4.69, 9.17) is 0 Å². The summed E-state index contributed by atoms with van der Waals surface area (Å²) in [7, 11) is 0. The van der Waals surface area contributed by atoms with Crippen LogP contribution in [0.1, 0.15) is 33.6 Å². The van der Waals surface area contributed by atoms with Gasteiger partial charge in [0, 0.05) is 42.5 Å². The fourth-order valence-corrected chi connectivity index (χ4v) is 6.36. The molecule has 4 aromatic rings. The van der Waals surface area contributed by atoms with Gasteiger partial charge in [-0.05, 0) is 65.2 Å². The molecule has 0 saturated carbocycles. The monoisotopic (exact) mass is 495 g/mol. The fraction of sp³-hybridized carbons (Fsp3) is 0.267. The van der Waals surface area contributed by atoms with Crippen LogP contribution in [-0.4, -0.2) is 36.3 Å². The van der Waals surface area contributed by atoms with Crippen molar-refractivity contribution in [2.45, 2.75) is 25.8 Å². The third-order valence-corrected chi connectivity index (χ3v) is 8.51. The molecule has 0 spiro atoms. The van der Waals surface area contributed by atoms with Crippen LogP contribution in [0.3, 0.4) is 0 Å². The van der Waals surface area contributed by atoms with E-state index in [1.807, 2.05) is 76.9 Å². The van der Waals surface area contributed by atoms with Crippen LogP contribution in [0.15, 0.2) is 78.2 Å². The zero-order valence-corrected chi connectivity index (χ0v) is 21.0. The van der Waals surface area contributed by atoms with E-state index >= 15 is 0 Å². The smallest absolute Gasteiger partial charge is 0.254 e. The highest BCUT2D eigenvalue weighted by Gasteiger charge is 2.29. The van der Waals surface area contributed by atoms with E-state index in [1.54, 1.807) is 0 Å². The quantitative estimate of drug-likeness (QED) is 0.380. The lowest BCUT2D eigenvalue weighted by Gasteiger charge is -2.33. The second-order valence-electron chi connectivity index (χ2n) is 9.64. The Labute approximate surface area is 215 Å². The molecule has 36 heavy (non-hydrogen) atoms. The first-order valence-corrected chi connectivity index (χ1v) is 13.5. The van der Waals surface area contributed by atoms with Crippen molar-refractivity contribution in [2.75, 3.05) is 29.9 Å². The highest BCUT2D eigenvalue weighted by Crippen LogP contribution is 2.33. The minimum atomic E-state index is -0.0977. The number of para-hydroxylation sites is 2. The highest BCUT2D eigenvalue weighted by molar-refractivity contribution is 7.10. The third-order valence-electron chi connectivity index (χ3n) is 7.48. The highest BCUT2D eigenvalue weighted by atomic mass is 32.1. The number of fused-ring (bicyclic) bond motifs is 2. The van der Waals surface area contributed by atoms with Crippen LogP contribution in [0.4, 0.5) is 11.4 Å². The summed E-state index contributed by atoms with van der Waals surface area (Å²) in [5.74, 6) is 0.00120. The molecule has 1 fully saturated rings. The van der Waals surface area contributed by atoms with Gasteiger partial charge in [0.15, 0.2) is 0 Å². The summed E-state index contributed by atoms with van der Waals surface area (Å²) < 4.78 is 0. The molecule has 2 amide bonds. The molecule has 0 radical (unpaired) electrons. The Morgan fingerprint density at radius 3 is 2.53 bits per heavy atom. The predicted molar refractivity (Wildman–Crippen MR) is 147 cm³/mol. The zero-order valence-electron chi connectivity index (χ0n) is 20.2. The summed E-state index contributed by atoms with van der Waals surface area (Å²) in [5.41, 5.74) is 4.07. The minimum Gasteiger partial charge on any atom is -0.365 e. The van der Waals surface area contributed by atoms with Crippen molar-refractivity contribution in [3.63, 3.8) is 0 Å². The van der Waals surface area contributed by atoms with Crippen molar-refractivity contribution < 1.29 is 9.59 Å². The van der Waals surface area contributed by atoms with Gasteiger partial charge in [-0.3, -0.25) is 9.59 Å². The number of hydrogen-bond donors (Lipinski definition) is 1. The molecule has 0 aliphatic carbocycles. The van der Waals surface area contributed by atoms with Gasteiger partial charge in [0.05, 0.1) is 11.4 Å². The number of carbonyl (C=O) groups excluding carboxylic acids is 2. The van der Waals surface area contributed by atoms with Crippen LogP contribution in [0, 0.1) is 5.92 Å². The van der Waals surface area contributed by atoms with Gasteiger partial charge in [0.2, 0.25) is 5.91 Å². The molecule has 6 heteroatoms. The summed E-state index contributed by atoms with van der Waals surface area (Å²) in [6.07, 6.45) is 2.39. The van der Waals surface area contributed by atoms with Gasteiger partial charge in [-0.25, -0.2) is 0 Å². The molecule has 6 rings (SSSR count). The fourth-order valence-electron chi connectivity index (χ4n) is 5.47. The van der Waals surface area contributed by atoms with Crippen molar-refractivity contribution in [1.29, 1.82) is 0 Å². The average Bonchev–Trinajstić information content (AvgIpc) is 3.41. The Hall–Kier alpha value is -3.64. The molecule has 2 aliphatic heterocycles. The first-order chi connectivity index (χ1) is 17.7. The molecule has 1 N–H and O–H groups in total. The molecule has 182 valence electrons. The number of anilines is 2. The van der Waals surface area contributed by atoms with Gasteiger partial charge in [0.25, 0.3) is 5.91 Å². The van der Waals surface area contributed by atoms with Crippen LogP contribution >= 0.6 is 11.3 Å². The predicted octanol–water partition coefficient (Wildman–Crippen LogP) is 5.95. The molecule has 3 aromatic carbocycles. The first kappa shape index (κ1) is 22.8. The normalized spacial score (nSPS) is 16.1. The molecule has 0 bridgehead atoms. The molecule has 0 atom stereocenters. The van der Waals surface area contributed by atoms with Gasteiger partial charge < -0.3 is 15.1 Å².